The monoisotopic (exact) mass is 399 g/mol. The highest BCUT2D eigenvalue weighted by Crippen LogP contribution is 2.16. The lowest BCUT2D eigenvalue weighted by molar-refractivity contribution is -0.114. The Kier molecular flexibility index (Phi) is 7.95. The molecule has 28 heavy (non-hydrogen) atoms. The standard InChI is InChI=1S/C21H25N3O3S/c1-14(2)11-12-27-19-9-7-16(8-10-19)20(26)24-21(28)23-18-6-4-5-17(13-18)22-15(3)25/h4-10,13-14H,11-12H2,1-3H3,(H,22,25)(H2,23,24,26,28). The molecule has 0 bridgehead atoms. The molecule has 0 saturated carbocycles. The molecule has 0 heterocycles. The minimum atomic E-state index is -0.316. The highest BCUT2D eigenvalue weighted by molar-refractivity contribution is 7.80. The SMILES string of the molecule is CC(=O)Nc1cccc(NC(=S)NC(=O)c2ccc(OCCC(C)C)cc2)c1. The van der Waals surface area contributed by atoms with E-state index in [1.807, 2.05) is 0 Å². The van der Waals surface area contributed by atoms with E-state index in [1.165, 1.54) is 6.92 Å². The van der Waals surface area contributed by atoms with Gasteiger partial charge in [0.15, 0.2) is 5.11 Å². The Labute approximate surface area is 170 Å². The zero-order valence-electron chi connectivity index (χ0n) is 16.2. The summed E-state index contributed by atoms with van der Waals surface area (Å²) in [6, 6.07) is 14.0. The van der Waals surface area contributed by atoms with Crippen LogP contribution in [0, 0.1) is 5.92 Å². The van der Waals surface area contributed by atoms with Crippen LogP contribution in [0.4, 0.5) is 11.4 Å². The number of hydrogen-bond acceptors (Lipinski definition) is 4. The number of ether oxygens (including phenoxy) is 1. The van der Waals surface area contributed by atoms with Crippen molar-refractivity contribution in [1.82, 2.24) is 5.32 Å². The average Bonchev–Trinajstić information content (AvgIpc) is 2.61. The van der Waals surface area contributed by atoms with Gasteiger partial charge in [0.05, 0.1) is 6.61 Å². The van der Waals surface area contributed by atoms with Crippen molar-refractivity contribution in [2.45, 2.75) is 27.2 Å². The van der Waals surface area contributed by atoms with Crippen molar-refractivity contribution >= 4 is 40.5 Å². The third-order valence-corrected chi connectivity index (χ3v) is 3.95. The summed E-state index contributed by atoms with van der Waals surface area (Å²) in [5, 5.41) is 8.42. The Morgan fingerprint density at radius 3 is 2.29 bits per heavy atom. The molecule has 148 valence electrons. The van der Waals surface area contributed by atoms with Gasteiger partial charge in [0.25, 0.3) is 5.91 Å². The Bertz CT molecular complexity index is 835. The first-order valence-corrected chi connectivity index (χ1v) is 9.47. The van der Waals surface area contributed by atoms with Gasteiger partial charge < -0.3 is 15.4 Å². The van der Waals surface area contributed by atoms with Crippen molar-refractivity contribution < 1.29 is 14.3 Å². The van der Waals surface area contributed by atoms with Crippen LogP contribution in [0.1, 0.15) is 37.6 Å². The average molecular weight is 400 g/mol. The molecule has 2 rings (SSSR count). The zero-order chi connectivity index (χ0) is 20.5. The van der Waals surface area contributed by atoms with Crippen molar-refractivity contribution in [1.29, 1.82) is 0 Å². The summed E-state index contributed by atoms with van der Waals surface area (Å²) in [6.07, 6.45) is 0.977. The summed E-state index contributed by atoms with van der Waals surface area (Å²) in [7, 11) is 0. The molecule has 0 spiro atoms. The molecule has 0 aromatic heterocycles. The maximum atomic E-state index is 12.3. The van der Waals surface area contributed by atoms with Crippen molar-refractivity contribution in [3.63, 3.8) is 0 Å². The van der Waals surface area contributed by atoms with Crippen molar-refractivity contribution in [2.24, 2.45) is 5.92 Å². The quantitative estimate of drug-likeness (QED) is 0.608. The molecule has 0 atom stereocenters. The number of nitrogens with one attached hydrogen (secondary N) is 3. The summed E-state index contributed by atoms with van der Waals surface area (Å²) >= 11 is 5.20. The van der Waals surface area contributed by atoms with Gasteiger partial charge in [-0.15, -0.1) is 0 Å². The fraction of sp³-hybridized carbons (Fsp3) is 0.286. The first-order valence-electron chi connectivity index (χ1n) is 9.06. The summed E-state index contributed by atoms with van der Waals surface area (Å²) in [5.41, 5.74) is 1.78. The molecular weight excluding hydrogens is 374 g/mol. The molecule has 3 N–H and O–H groups in total. The first kappa shape index (κ1) is 21.4. The summed E-state index contributed by atoms with van der Waals surface area (Å²) in [6.45, 7) is 6.37. The van der Waals surface area contributed by atoms with Crippen molar-refractivity contribution in [3.8, 4) is 5.75 Å². The summed E-state index contributed by atoms with van der Waals surface area (Å²) in [5.74, 6) is 0.832. The highest BCUT2D eigenvalue weighted by Gasteiger charge is 2.09. The van der Waals surface area contributed by atoms with Gasteiger partial charge in [-0.1, -0.05) is 19.9 Å². The minimum absolute atomic E-state index is 0.162. The second kappa shape index (κ2) is 10.4. The van der Waals surface area contributed by atoms with E-state index in [4.69, 9.17) is 17.0 Å². The van der Waals surface area contributed by atoms with Crippen LogP contribution in [-0.4, -0.2) is 23.5 Å². The number of carbonyl (C=O) groups is 2. The number of thiocarbonyl (C=S) groups is 1. The van der Waals surface area contributed by atoms with Gasteiger partial charge in [-0.25, -0.2) is 0 Å². The maximum Gasteiger partial charge on any atom is 0.257 e. The fourth-order valence-electron chi connectivity index (χ4n) is 2.33. The van der Waals surface area contributed by atoms with Crippen LogP contribution in [-0.2, 0) is 4.79 Å². The summed E-state index contributed by atoms with van der Waals surface area (Å²) in [4.78, 5) is 23.5. The molecule has 7 heteroatoms. The third-order valence-electron chi connectivity index (χ3n) is 3.75. The van der Waals surface area contributed by atoms with Crippen LogP contribution in [0.3, 0.4) is 0 Å². The van der Waals surface area contributed by atoms with Crippen LogP contribution in [0.25, 0.3) is 0 Å². The first-order chi connectivity index (χ1) is 13.3. The van der Waals surface area contributed by atoms with E-state index in [0.29, 0.717) is 29.5 Å². The molecule has 2 aromatic rings. The lowest BCUT2D eigenvalue weighted by Crippen LogP contribution is -2.34. The molecule has 0 aliphatic heterocycles. The number of amides is 2. The van der Waals surface area contributed by atoms with E-state index in [9.17, 15) is 9.59 Å². The second-order valence-electron chi connectivity index (χ2n) is 6.73. The highest BCUT2D eigenvalue weighted by atomic mass is 32.1. The Morgan fingerprint density at radius 2 is 1.68 bits per heavy atom. The number of benzene rings is 2. The predicted molar refractivity (Wildman–Crippen MR) is 116 cm³/mol. The van der Waals surface area contributed by atoms with Gasteiger partial charge in [-0.05, 0) is 67.0 Å². The lowest BCUT2D eigenvalue weighted by atomic mass is 10.1. The van der Waals surface area contributed by atoms with E-state index in [0.717, 1.165) is 12.2 Å². The van der Waals surface area contributed by atoms with Gasteiger partial charge in [-0.3, -0.25) is 14.9 Å². The number of carbonyl (C=O) groups excluding carboxylic acids is 2. The summed E-state index contributed by atoms with van der Waals surface area (Å²) < 4.78 is 5.65. The van der Waals surface area contributed by atoms with Gasteiger partial charge >= 0.3 is 0 Å². The lowest BCUT2D eigenvalue weighted by Gasteiger charge is -2.11. The van der Waals surface area contributed by atoms with Crippen LogP contribution < -0.4 is 20.7 Å². The molecule has 2 amide bonds. The maximum absolute atomic E-state index is 12.3. The smallest absolute Gasteiger partial charge is 0.257 e. The molecule has 6 nitrogen and oxygen atoms in total. The largest absolute Gasteiger partial charge is 0.494 e. The number of anilines is 2. The molecule has 0 aliphatic carbocycles. The van der Waals surface area contributed by atoms with Gasteiger partial charge in [0.1, 0.15) is 5.75 Å². The van der Waals surface area contributed by atoms with Crippen molar-refractivity contribution in [2.75, 3.05) is 17.2 Å². The molecular formula is C21H25N3O3S. The second-order valence-corrected chi connectivity index (χ2v) is 7.13. The Morgan fingerprint density at radius 1 is 1.04 bits per heavy atom. The van der Waals surface area contributed by atoms with Crippen LogP contribution in [0.5, 0.6) is 5.75 Å². The van der Waals surface area contributed by atoms with E-state index in [1.54, 1.807) is 48.5 Å². The van der Waals surface area contributed by atoms with Crippen LogP contribution in [0.2, 0.25) is 0 Å². The third kappa shape index (κ3) is 7.36. The zero-order valence-corrected chi connectivity index (χ0v) is 17.1. The molecule has 0 fully saturated rings. The normalized spacial score (nSPS) is 10.3. The molecule has 2 aromatic carbocycles. The van der Waals surface area contributed by atoms with E-state index in [2.05, 4.69) is 29.8 Å². The van der Waals surface area contributed by atoms with Crippen LogP contribution >= 0.6 is 12.2 Å². The minimum Gasteiger partial charge on any atom is -0.494 e. The van der Waals surface area contributed by atoms with E-state index < -0.39 is 0 Å². The van der Waals surface area contributed by atoms with Gasteiger partial charge in [-0.2, -0.15) is 0 Å². The Balaban J connectivity index is 1.88. The van der Waals surface area contributed by atoms with E-state index >= 15 is 0 Å². The topological polar surface area (TPSA) is 79.5 Å². The fourth-order valence-corrected chi connectivity index (χ4v) is 2.54. The van der Waals surface area contributed by atoms with E-state index in [-0.39, 0.29) is 16.9 Å². The number of rotatable bonds is 7. The predicted octanol–water partition coefficient (Wildman–Crippen LogP) is 4.20. The van der Waals surface area contributed by atoms with Crippen molar-refractivity contribution in [3.05, 3.63) is 54.1 Å². The molecule has 0 radical (unpaired) electrons. The van der Waals surface area contributed by atoms with Gasteiger partial charge in [0.2, 0.25) is 5.91 Å². The van der Waals surface area contributed by atoms with Gasteiger partial charge in [0, 0.05) is 23.9 Å². The molecule has 0 unspecified atom stereocenters. The molecule has 0 saturated heterocycles. The number of hydrogen-bond donors (Lipinski definition) is 3. The van der Waals surface area contributed by atoms with Crippen LogP contribution in [0.15, 0.2) is 48.5 Å². The Hall–Kier alpha value is -2.93. The molecule has 0 aliphatic rings.